The van der Waals surface area contributed by atoms with Crippen LogP contribution in [0.5, 0.6) is 0 Å². The zero-order chi connectivity index (χ0) is 12.3. The van der Waals surface area contributed by atoms with E-state index in [9.17, 15) is 0 Å². The lowest BCUT2D eigenvalue weighted by Crippen LogP contribution is -2.36. The first-order chi connectivity index (χ1) is 8.18. The molecule has 0 bridgehead atoms. The summed E-state index contributed by atoms with van der Waals surface area (Å²) in [6.07, 6.45) is 3.99. The Morgan fingerprint density at radius 2 is 2.29 bits per heavy atom. The number of rotatable bonds is 4. The molecule has 2 heterocycles. The molecule has 1 fully saturated rings. The molecule has 2 rings (SSSR count). The van der Waals surface area contributed by atoms with E-state index >= 15 is 0 Å². The zero-order valence-corrected chi connectivity index (χ0v) is 11.2. The first-order valence-corrected chi connectivity index (χ1v) is 6.53. The molecule has 1 saturated heterocycles. The molecule has 17 heavy (non-hydrogen) atoms. The topological polar surface area (TPSA) is 39.1 Å². The highest BCUT2D eigenvalue weighted by Gasteiger charge is 2.20. The third kappa shape index (κ3) is 3.21. The smallest absolute Gasteiger partial charge is 0.128 e. The molecule has 1 aliphatic heterocycles. The second-order valence-electron chi connectivity index (χ2n) is 4.68. The lowest BCUT2D eigenvalue weighted by molar-refractivity contribution is 0.0557. The summed E-state index contributed by atoms with van der Waals surface area (Å²) in [5.74, 6) is 1.69. The van der Waals surface area contributed by atoms with Crippen molar-refractivity contribution < 1.29 is 4.74 Å². The minimum absolute atomic E-state index is 0.495. The minimum Gasteiger partial charge on any atom is -0.381 e. The van der Waals surface area contributed by atoms with Crippen LogP contribution in [0.15, 0.2) is 6.20 Å². The molecule has 1 aromatic heterocycles. The Morgan fingerprint density at radius 1 is 1.59 bits per heavy atom. The van der Waals surface area contributed by atoms with E-state index in [0.29, 0.717) is 17.1 Å². The van der Waals surface area contributed by atoms with Crippen LogP contribution in [0.25, 0.3) is 0 Å². The Balaban J connectivity index is 1.83. The molecule has 0 radical (unpaired) electrons. The van der Waals surface area contributed by atoms with Gasteiger partial charge in [-0.1, -0.05) is 11.6 Å². The van der Waals surface area contributed by atoms with Gasteiger partial charge in [0.2, 0.25) is 0 Å². The van der Waals surface area contributed by atoms with Crippen LogP contribution in [0.3, 0.4) is 0 Å². The van der Waals surface area contributed by atoms with E-state index in [-0.39, 0.29) is 0 Å². The highest BCUT2D eigenvalue weighted by atomic mass is 35.5. The minimum atomic E-state index is 0.495. The number of ether oxygens (including phenoxy) is 1. The highest BCUT2D eigenvalue weighted by molar-refractivity contribution is 6.29. The highest BCUT2D eigenvalue weighted by Crippen LogP contribution is 2.19. The maximum absolute atomic E-state index is 5.95. The second kappa shape index (κ2) is 5.85. The second-order valence-corrected chi connectivity index (χ2v) is 5.06. The van der Waals surface area contributed by atoms with Gasteiger partial charge in [0, 0.05) is 26.3 Å². The fourth-order valence-corrected chi connectivity index (χ4v) is 2.37. The number of aromatic nitrogens is 2. The van der Waals surface area contributed by atoms with Crippen molar-refractivity contribution in [2.24, 2.45) is 13.0 Å². The van der Waals surface area contributed by atoms with Gasteiger partial charge in [0.25, 0.3) is 0 Å². The monoisotopic (exact) mass is 257 g/mol. The SMILES string of the molecule is CC(NCc1ncc(Cl)n1C)C1CCOCC1. The average Bonchev–Trinajstić information content (AvgIpc) is 2.68. The van der Waals surface area contributed by atoms with Crippen molar-refractivity contribution in [2.75, 3.05) is 13.2 Å². The number of imidazole rings is 1. The normalized spacial score (nSPS) is 19.5. The average molecular weight is 258 g/mol. The van der Waals surface area contributed by atoms with Crippen LogP contribution in [0.1, 0.15) is 25.6 Å². The first kappa shape index (κ1) is 12.9. The van der Waals surface area contributed by atoms with Gasteiger partial charge >= 0.3 is 0 Å². The van der Waals surface area contributed by atoms with Gasteiger partial charge in [0.15, 0.2) is 0 Å². The summed E-state index contributed by atoms with van der Waals surface area (Å²) in [7, 11) is 1.94. The Bertz CT molecular complexity index is 361. The molecule has 4 nitrogen and oxygen atoms in total. The van der Waals surface area contributed by atoms with Crippen molar-refractivity contribution in [3.05, 3.63) is 17.2 Å². The third-order valence-electron chi connectivity index (χ3n) is 3.58. The van der Waals surface area contributed by atoms with Crippen LogP contribution in [-0.2, 0) is 18.3 Å². The van der Waals surface area contributed by atoms with Gasteiger partial charge in [-0.3, -0.25) is 0 Å². The number of nitrogens with zero attached hydrogens (tertiary/aromatic N) is 2. The zero-order valence-electron chi connectivity index (χ0n) is 10.4. The summed E-state index contributed by atoms with van der Waals surface area (Å²) in [6, 6.07) is 0.495. The standard InChI is InChI=1S/C12H20ClN3O/c1-9(10-3-5-17-6-4-10)14-8-12-15-7-11(13)16(12)2/h7,9-10,14H,3-6,8H2,1-2H3. The molecule has 0 aromatic carbocycles. The molecule has 96 valence electrons. The lowest BCUT2D eigenvalue weighted by Gasteiger charge is -2.28. The van der Waals surface area contributed by atoms with Crippen LogP contribution in [0.2, 0.25) is 5.15 Å². The van der Waals surface area contributed by atoms with Gasteiger partial charge in [-0.15, -0.1) is 0 Å². The van der Waals surface area contributed by atoms with Crippen molar-refractivity contribution >= 4 is 11.6 Å². The summed E-state index contributed by atoms with van der Waals surface area (Å²) < 4.78 is 7.28. The van der Waals surface area contributed by atoms with Gasteiger partial charge in [0.05, 0.1) is 12.7 Å². The van der Waals surface area contributed by atoms with E-state index in [4.69, 9.17) is 16.3 Å². The number of nitrogens with one attached hydrogen (secondary N) is 1. The van der Waals surface area contributed by atoms with Crippen molar-refractivity contribution in [2.45, 2.75) is 32.4 Å². The van der Waals surface area contributed by atoms with Gasteiger partial charge in [0.1, 0.15) is 11.0 Å². The molecule has 1 unspecified atom stereocenters. The molecule has 0 saturated carbocycles. The molecule has 0 aliphatic carbocycles. The van der Waals surface area contributed by atoms with Crippen LogP contribution in [0.4, 0.5) is 0 Å². The Hall–Kier alpha value is -0.580. The largest absolute Gasteiger partial charge is 0.381 e. The molecular weight excluding hydrogens is 238 g/mol. The molecule has 1 N–H and O–H groups in total. The molecule has 1 atom stereocenters. The van der Waals surface area contributed by atoms with Crippen LogP contribution < -0.4 is 5.32 Å². The van der Waals surface area contributed by atoms with Gasteiger partial charge in [-0.25, -0.2) is 4.98 Å². The predicted molar refractivity (Wildman–Crippen MR) is 68.1 cm³/mol. The van der Waals surface area contributed by atoms with Gasteiger partial charge in [-0.2, -0.15) is 0 Å². The summed E-state index contributed by atoms with van der Waals surface area (Å²) >= 11 is 5.95. The van der Waals surface area contributed by atoms with Crippen molar-refractivity contribution in [3.63, 3.8) is 0 Å². The molecule has 1 aromatic rings. The Morgan fingerprint density at radius 3 is 2.88 bits per heavy atom. The van der Waals surface area contributed by atoms with Crippen LogP contribution in [-0.4, -0.2) is 28.8 Å². The van der Waals surface area contributed by atoms with E-state index in [1.54, 1.807) is 6.20 Å². The Labute approximate surface area is 107 Å². The van der Waals surface area contributed by atoms with Crippen molar-refractivity contribution in [1.82, 2.24) is 14.9 Å². The van der Waals surface area contributed by atoms with Crippen molar-refractivity contribution in [3.8, 4) is 0 Å². The molecule has 0 amide bonds. The van der Waals surface area contributed by atoms with Crippen LogP contribution in [0, 0.1) is 5.92 Å². The molecule has 0 spiro atoms. The third-order valence-corrected chi connectivity index (χ3v) is 3.93. The molecule has 1 aliphatic rings. The molecular formula is C12H20ClN3O. The quantitative estimate of drug-likeness (QED) is 0.897. The summed E-state index contributed by atoms with van der Waals surface area (Å²) in [6.45, 7) is 4.79. The van der Waals surface area contributed by atoms with E-state index in [0.717, 1.165) is 38.4 Å². The lowest BCUT2D eigenvalue weighted by atomic mass is 9.93. The van der Waals surface area contributed by atoms with E-state index < -0.39 is 0 Å². The number of hydrogen-bond acceptors (Lipinski definition) is 3. The number of hydrogen-bond donors (Lipinski definition) is 1. The van der Waals surface area contributed by atoms with Crippen LogP contribution >= 0.6 is 11.6 Å². The summed E-state index contributed by atoms with van der Waals surface area (Å²) in [5.41, 5.74) is 0. The first-order valence-electron chi connectivity index (χ1n) is 6.15. The van der Waals surface area contributed by atoms with E-state index in [1.165, 1.54) is 0 Å². The fraction of sp³-hybridized carbons (Fsp3) is 0.750. The predicted octanol–water partition coefficient (Wildman–Crippen LogP) is 1.98. The van der Waals surface area contributed by atoms with Gasteiger partial charge < -0.3 is 14.6 Å². The Kier molecular flexibility index (Phi) is 4.42. The van der Waals surface area contributed by atoms with E-state index in [1.807, 2.05) is 11.6 Å². The maximum Gasteiger partial charge on any atom is 0.128 e. The molecule has 5 heteroatoms. The summed E-state index contributed by atoms with van der Waals surface area (Å²) in [4.78, 5) is 4.28. The fourth-order valence-electron chi connectivity index (χ4n) is 2.22. The van der Waals surface area contributed by atoms with Gasteiger partial charge in [-0.05, 0) is 25.7 Å². The summed E-state index contributed by atoms with van der Waals surface area (Å²) in [5, 5.41) is 4.21. The maximum atomic E-state index is 5.95. The van der Waals surface area contributed by atoms with E-state index in [2.05, 4.69) is 17.2 Å². The number of halogens is 1. The van der Waals surface area contributed by atoms with Crippen molar-refractivity contribution in [1.29, 1.82) is 0 Å².